The summed E-state index contributed by atoms with van der Waals surface area (Å²) < 4.78 is 28.7. The lowest BCUT2D eigenvalue weighted by Gasteiger charge is -2.11. The summed E-state index contributed by atoms with van der Waals surface area (Å²) in [6.07, 6.45) is 5.14. The van der Waals surface area contributed by atoms with Crippen molar-refractivity contribution in [3.63, 3.8) is 0 Å². The molecule has 0 unspecified atom stereocenters. The van der Waals surface area contributed by atoms with E-state index in [1.807, 2.05) is 24.3 Å². The fourth-order valence-corrected chi connectivity index (χ4v) is 4.93. The maximum absolute atomic E-state index is 12.9. The highest BCUT2D eigenvalue weighted by atomic mass is 32.2. The number of pyridine rings is 1. The highest BCUT2D eigenvalue weighted by molar-refractivity contribution is 7.93. The van der Waals surface area contributed by atoms with Crippen molar-refractivity contribution in [1.29, 1.82) is 0 Å². The second kappa shape index (κ2) is 5.07. The number of anilines is 1. The summed E-state index contributed by atoms with van der Waals surface area (Å²) in [7, 11) is -3.71. The van der Waals surface area contributed by atoms with Crippen LogP contribution in [0.1, 0.15) is 11.1 Å². The summed E-state index contributed by atoms with van der Waals surface area (Å²) >= 11 is 0. The van der Waals surface area contributed by atoms with Crippen molar-refractivity contribution in [1.82, 2.24) is 9.97 Å². The van der Waals surface area contributed by atoms with Crippen molar-refractivity contribution >= 4 is 37.5 Å². The van der Waals surface area contributed by atoms with Crippen LogP contribution in [-0.2, 0) is 22.9 Å². The van der Waals surface area contributed by atoms with E-state index in [4.69, 9.17) is 0 Å². The molecule has 0 saturated heterocycles. The Bertz CT molecular complexity index is 1230. The number of benzene rings is 2. The number of fused-ring (bicyclic) bond motifs is 1. The lowest BCUT2D eigenvalue weighted by atomic mass is 10.0. The molecule has 124 valence electrons. The zero-order valence-electron chi connectivity index (χ0n) is 13.3. The first-order chi connectivity index (χ1) is 12.1. The molecule has 0 spiro atoms. The Hall–Kier alpha value is -2.86. The molecule has 0 radical (unpaired) electrons. The minimum absolute atomic E-state index is 0.207. The maximum Gasteiger partial charge on any atom is 0.264 e. The fourth-order valence-electron chi connectivity index (χ4n) is 3.69. The van der Waals surface area contributed by atoms with Crippen LogP contribution in [0.5, 0.6) is 0 Å². The number of aryl methyl sites for hydroxylation is 2. The molecule has 0 saturated carbocycles. The van der Waals surface area contributed by atoms with Gasteiger partial charge >= 0.3 is 0 Å². The first-order valence-electron chi connectivity index (χ1n) is 8.12. The number of aromatic amines is 1. The van der Waals surface area contributed by atoms with Crippen LogP contribution in [0.3, 0.4) is 0 Å². The SMILES string of the molecule is O=S(=O)(Nc1ccc2c3c(cccc13)CC2)c1c[nH]c2ncccc12. The van der Waals surface area contributed by atoms with Gasteiger partial charge in [0.1, 0.15) is 10.5 Å². The summed E-state index contributed by atoms with van der Waals surface area (Å²) in [4.78, 5) is 7.28. The molecule has 0 bridgehead atoms. The van der Waals surface area contributed by atoms with E-state index in [1.54, 1.807) is 18.3 Å². The first kappa shape index (κ1) is 14.5. The molecule has 0 atom stereocenters. The van der Waals surface area contributed by atoms with Gasteiger partial charge in [-0.3, -0.25) is 4.72 Å². The van der Waals surface area contributed by atoms with Gasteiger partial charge in [0, 0.05) is 23.2 Å². The summed E-state index contributed by atoms with van der Waals surface area (Å²) in [6, 6.07) is 13.4. The average molecular weight is 349 g/mol. The predicted octanol–water partition coefficient (Wildman–Crippen LogP) is 3.62. The number of hydrogen-bond donors (Lipinski definition) is 2. The van der Waals surface area contributed by atoms with E-state index in [-0.39, 0.29) is 4.90 Å². The van der Waals surface area contributed by atoms with E-state index in [0.717, 1.165) is 18.2 Å². The molecular weight excluding hydrogens is 334 g/mol. The molecule has 4 aromatic rings. The fraction of sp³-hybridized carbons (Fsp3) is 0.105. The van der Waals surface area contributed by atoms with Crippen LogP contribution < -0.4 is 4.72 Å². The molecule has 2 heterocycles. The Kier molecular flexibility index (Phi) is 2.93. The molecule has 2 aromatic carbocycles. The Balaban J connectivity index is 1.65. The monoisotopic (exact) mass is 349 g/mol. The zero-order chi connectivity index (χ0) is 17.0. The predicted molar refractivity (Wildman–Crippen MR) is 98.3 cm³/mol. The smallest absolute Gasteiger partial charge is 0.264 e. The van der Waals surface area contributed by atoms with E-state index >= 15 is 0 Å². The second-order valence-corrected chi connectivity index (χ2v) is 7.92. The van der Waals surface area contributed by atoms with Crippen molar-refractivity contribution in [2.45, 2.75) is 17.7 Å². The Morgan fingerprint density at radius 1 is 0.960 bits per heavy atom. The molecule has 5 nitrogen and oxygen atoms in total. The van der Waals surface area contributed by atoms with E-state index < -0.39 is 10.0 Å². The van der Waals surface area contributed by atoms with Gasteiger partial charge in [-0.25, -0.2) is 13.4 Å². The van der Waals surface area contributed by atoms with Crippen molar-refractivity contribution in [3.05, 3.63) is 66.0 Å². The number of nitrogens with zero attached hydrogens (tertiary/aromatic N) is 1. The normalized spacial score (nSPS) is 13.6. The van der Waals surface area contributed by atoms with Crippen LogP contribution in [0.4, 0.5) is 5.69 Å². The third kappa shape index (κ3) is 2.14. The lowest BCUT2D eigenvalue weighted by molar-refractivity contribution is 0.602. The van der Waals surface area contributed by atoms with Gasteiger partial charge in [0.15, 0.2) is 0 Å². The number of sulfonamides is 1. The third-order valence-electron chi connectivity index (χ3n) is 4.82. The molecule has 6 heteroatoms. The number of nitrogens with one attached hydrogen (secondary N) is 2. The van der Waals surface area contributed by atoms with Gasteiger partial charge in [0.05, 0.1) is 5.69 Å². The molecular formula is C19H15N3O2S. The molecule has 25 heavy (non-hydrogen) atoms. The number of H-pyrrole nitrogens is 1. The van der Waals surface area contributed by atoms with Crippen molar-refractivity contribution < 1.29 is 8.42 Å². The zero-order valence-corrected chi connectivity index (χ0v) is 14.1. The van der Waals surface area contributed by atoms with Gasteiger partial charge in [0.2, 0.25) is 0 Å². The summed E-state index contributed by atoms with van der Waals surface area (Å²) in [5.74, 6) is 0. The largest absolute Gasteiger partial charge is 0.345 e. The van der Waals surface area contributed by atoms with Crippen LogP contribution in [-0.4, -0.2) is 18.4 Å². The Morgan fingerprint density at radius 3 is 2.64 bits per heavy atom. The molecule has 2 N–H and O–H groups in total. The van der Waals surface area contributed by atoms with Gasteiger partial charge in [0.25, 0.3) is 10.0 Å². The van der Waals surface area contributed by atoms with Crippen LogP contribution >= 0.6 is 0 Å². The number of aromatic nitrogens is 2. The van der Waals surface area contributed by atoms with E-state index in [0.29, 0.717) is 16.7 Å². The standard InChI is InChI=1S/C19H15N3O2S/c23-25(24,17-11-21-19-15(17)5-2-10-20-19)22-16-9-8-13-7-6-12-3-1-4-14(16)18(12)13/h1-5,8-11,22H,6-7H2,(H,20,21). The topological polar surface area (TPSA) is 74.8 Å². The Labute approximate surface area is 144 Å². The minimum atomic E-state index is -3.71. The molecule has 0 amide bonds. The van der Waals surface area contributed by atoms with Crippen LogP contribution in [0.15, 0.2) is 59.8 Å². The molecule has 1 aliphatic carbocycles. The molecule has 1 aliphatic rings. The van der Waals surface area contributed by atoms with Gasteiger partial charge in [-0.15, -0.1) is 0 Å². The van der Waals surface area contributed by atoms with Crippen molar-refractivity contribution in [2.24, 2.45) is 0 Å². The highest BCUT2D eigenvalue weighted by Crippen LogP contribution is 2.36. The van der Waals surface area contributed by atoms with E-state index in [1.165, 1.54) is 22.7 Å². The van der Waals surface area contributed by atoms with E-state index in [2.05, 4.69) is 20.8 Å². The van der Waals surface area contributed by atoms with Gasteiger partial charge in [-0.1, -0.05) is 24.3 Å². The highest BCUT2D eigenvalue weighted by Gasteiger charge is 2.22. The van der Waals surface area contributed by atoms with Crippen LogP contribution in [0, 0.1) is 0 Å². The molecule has 0 fully saturated rings. The summed E-state index contributed by atoms with van der Waals surface area (Å²) in [6.45, 7) is 0. The first-order valence-corrected chi connectivity index (χ1v) is 9.60. The summed E-state index contributed by atoms with van der Waals surface area (Å²) in [5, 5.41) is 2.72. The van der Waals surface area contributed by atoms with Gasteiger partial charge < -0.3 is 4.98 Å². The lowest BCUT2D eigenvalue weighted by Crippen LogP contribution is -2.13. The van der Waals surface area contributed by atoms with Gasteiger partial charge in [-0.2, -0.15) is 0 Å². The number of hydrogen-bond acceptors (Lipinski definition) is 3. The Morgan fingerprint density at radius 2 is 1.76 bits per heavy atom. The summed E-state index contributed by atoms with van der Waals surface area (Å²) in [5.41, 5.74) is 3.73. The quantitative estimate of drug-likeness (QED) is 0.593. The maximum atomic E-state index is 12.9. The molecule has 5 rings (SSSR count). The van der Waals surface area contributed by atoms with Crippen molar-refractivity contribution in [2.75, 3.05) is 4.72 Å². The number of rotatable bonds is 3. The van der Waals surface area contributed by atoms with E-state index in [9.17, 15) is 8.42 Å². The molecule has 0 aliphatic heterocycles. The average Bonchev–Trinajstić information content (AvgIpc) is 3.23. The van der Waals surface area contributed by atoms with Crippen molar-refractivity contribution in [3.8, 4) is 0 Å². The minimum Gasteiger partial charge on any atom is -0.345 e. The second-order valence-electron chi connectivity index (χ2n) is 6.27. The van der Waals surface area contributed by atoms with Crippen LogP contribution in [0.25, 0.3) is 21.8 Å². The third-order valence-corrected chi connectivity index (χ3v) is 6.23. The van der Waals surface area contributed by atoms with Gasteiger partial charge in [-0.05, 0) is 47.6 Å². The molecule has 2 aromatic heterocycles. The van der Waals surface area contributed by atoms with Crippen LogP contribution in [0.2, 0.25) is 0 Å².